The van der Waals surface area contributed by atoms with Gasteiger partial charge in [0.15, 0.2) is 0 Å². The second kappa shape index (κ2) is 7.21. The molecule has 22 heavy (non-hydrogen) atoms. The van der Waals surface area contributed by atoms with Crippen molar-refractivity contribution in [2.45, 2.75) is 43.7 Å². The van der Waals surface area contributed by atoms with Gasteiger partial charge in [-0.1, -0.05) is 19.1 Å². The van der Waals surface area contributed by atoms with Crippen molar-refractivity contribution in [1.29, 1.82) is 0 Å². The average Bonchev–Trinajstić information content (AvgIpc) is 2.92. The Morgan fingerprint density at radius 2 is 1.95 bits per heavy atom. The number of hydrogen-bond acceptors (Lipinski definition) is 4. The Kier molecular flexibility index (Phi) is 5.55. The molecule has 2 rings (SSSR count). The maximum absolute atomic E-state index is 12.0. The molecule has 1 aliphatic carbocycles. The number of nitrogens with two attached hydrogens (primary N) is 1. The van der Waals surface area contributed by atoms with Crippen molar-refractivity contribution in [3.05, 3.63) is 29.8 Å². The molecule has 1 saturated carbocycles. The third kappa shape index (κ3) is 4.28. The van der Waals surface area contributed by atoms with Crippen molar-refractivity contribution >= 4 is 15.9 Å². The number of benzene rings is 1. The number of rotatable bonds is 6. The molecule has 1 fully saturated rings. The molecule has 122 valence electrons. The normalized spacial score (nSPS) is 21.7. The van der Waals surface area contributed by atoms with Gasteiger partial charge in [0.05, 0.1) is 4.90 Å². The molecule has 0 bridgehead atoms. The Hall–Kier alpha value is -1.44. The summed E-state index contributed by atoms with van der Waals surface area (Å²) in [6.07, 6.45) is 2.48. The van der Waals surface area contributed by atoms with Gasteiger partial charge in [-0.3, -0.25) is 4.79 Å². The largest absolute Gasteiger partial charge is 0.352 e. The van der Waals surface area contributed by atoms with Crippen LogP contribution < -0.4 is 15.8 Å². The highest BCUT2D eigenvalue weighted by Gasteiger charge is 2.27. The second-order valence-electron chi connectivity index (χ2n) is 5.63. The molecule has 0 saturated heterocycles. The summed E-state index contributed by atoms with van der Waals surface area (Å²) in [6, 6.07) is 6.65. The predicted octanol–water partition coefficient (Wildman–Crippen LogP) is 0.728. The monoisotopic (exact) mass is 325 g/mol. The van der Waals surface area contributed by atoms with Crippen LogP contribution >= 0.6 is 0 Å². The topological polar surface area (TPSA) is 101 Å². The lowest BCUT2D eigenvalue weighted by molar-refractivity contribution is -0.125. The number of nitrogens with one attached hydrogen (secondary N) is 2. The molecule has 2 unspecified atom stereocenters. The molecule has 0 aliphatic heterocycles. The SMILES string of the molecule is CCNS(=O)(=O)c1ccc(CNC(=O)C2CCC(N)C2)cc1. The zero-order chi connectivity index (χ0) is 16.2. The number of amides is 1. The average molecular weight is 325 g/mol. The summed E-state index contributed by atoms with van der Waals surface area (Å²) >= 11 is 0. The lowest BCUT2D eigenvalue weighted by atomic mass is 10.1. The first-order chi connectivity index (χ1) is 10.4. The van der Waals surface area contributed by atoms with Crippen LogP contribution in [0.3, 0.4) is 0 Å². The Balaban J connectivity index is 1.90. The first-order valence-electron chi connectivity index (χ1n) is 7.54. The highest BCUT2D eigenvalue weighted by molar-refractivity contribution is 7.89. The van der Waals surface area contributed by atoms with Gasteiger partial charge >= 0.3 is 0 Å². The smallest absolute Gasteiger partial charge is 0.240 e. The van der Waals surface area contributed by atoms with Crippen molar-refractivity contribution in [2.24, 2.45) is 11.7 Å². The van der Waals surface area contributed by atoms with Crippen LogP contribution in [-0.2, 0) is 21.4 Å². The van der Waals surface area contributed by atoms with Gasteiger partial charge < -0.3 is 11.1 Å². The van der Waals surface area contributed by atoms with Crippen molar-refractivity contribution < 1.29 is 13.2 Å². The number of carbonyl (C=O) groups is 1. The van der Waals surface area contributed by atoms with Crippen molar-refractivity contribution in [1.82, 2.24) is 10.0 Å². The zero-order valence-corrected chi connectivity index (χ0v) is 13.5. The molecule has 2 atom stereocenters. The number of hydrogen-bond donors (Lipinski definition) is 3. The van der Waals surface area contributed by atoms with Crippen LogP contribution in [0.5, 0.6) is 0 Å². The van der Waals surface area contributed by atoms with E-state index in [9.17, 15) is 13.2 Å². The molecule has 0 aromatic heterocycles. The van der Waals surface area contributed by atoms with E-state index >= 15 is 0 Å². The second-order valence-corrected chi connectivity index (χ2v) is 7.40. The van der Waals surface area contributed by atoms with Gasteiger partial charge in [0.1, 0.15) is 0 Å². The molecule has 0 spiro atoms. The van der Waals surface area contributed by atoms with E-state index in [1.165, 1.54) is 0 Å². The van der Waals surface area contributed by atoms with E-state index in [0.717, 1.165) is 24.8 Å². The van der Waals surface area contributed by atoms with E-state index in [1.807, 2.05) is 0 Å². The third-order valence-corrected chi connectivity index (χ3v) is 5.44. The van der Waals surface area contributed by atoms with Gasteiger partial charge in [0.25, 0.3) is 0 Å². The van der Waals surface area contributed by atoms with Gasteiger partial charge in [0.2, 0.25) is 15.9 Å². The lowest BCUT2D eigenvalue weighted by Gasteiger charge is -2.11. The molecular weight excluding hydrogens is 302 g/mol. The zero-order valence-electron chi connectivity index (χ0n) is 12.7. The Morgan fingerprint density at radius 3 is 2.50 bits per heavy atom. The minimum absolute atomic E-state index is 0.00315. The van der Waals surface area contributed by atoms with E-state index in [2.05, 4.69) is 10.0 Å². The molecular formula is C15H23N3O3S. The van der Waals surface area contributed by atoms with Gasteiger partial charge in [0, 0.05) is 25.0 Å². The Morgan fingerprint density at radius 1 is 1.27 bits per heavy atom. The maximum Gasteiger partial charge on any atom is 0.240 e. The summed E-state index contributed by atoms with van der Waals surface area (Å²) in [6.45, 7) is 2.48. The Labute approximate surface area is 131 Å². The third-order valence-electron chi connectivity index (χ3n) is 3.88. The van der Waals surface area contributed by atoms with Crippen LogP contribution in [0.15, 0.2) is 29.2 Å². The quantitative estimate of drug-likeness (QED) is 0.717. The van der Waals surface area contributed by atoms with Gasteiger partial charge in [-0.25, -0.2) is 13.1 Å². The summed E-state index contributed by atoms with van der Waals surface area (Å²) in [5.74, 6) is 0.0284. The summed E-state index contributed by atoms with van der Waals surface area (Å²) in [5.41, 5.74) is 6.68. The van der Waals surface area contributed by atoms with Crippen molar-refractivity contribution in [2.75, 3.05) is 6.54 Å². The summed E-state index contributed by atoms with van der Waals surface area (Å²) in [7, 11) is -3.43. The maximum atomic E-state index is 12.0. The molecule has 1 aliphatic rings. The van der Waals surface area contributed by atoms with Crippen LogP contribution in [0.1, 0.15) is 31.7 Å². The van der Waals surface area contributed by atoms with E-state index in [1.54, 1.807) is 31.2 Å². The predicted molar refractivity (Wildman–Crippen MR) is 84.5 cm³/mol. The van der Waals surface area contributed by atoms with Crippen LogP contribution in [0.4, 0.5) is 0 Å². The van der Waals surface area contributed by atoms with Gasteiger partial charge in [-0.05, 0) is 37.0 Å². The van der Waals surface area contributed by atoms with E-state index in [-0.39, 0.29) is 22.8 Å². The minimum Gasteiger partial charge on any atom is -0.352 e. The fourth-order valence-electron chi connectivity index (χ4n) is 2.65. The first-order valence-corrected chi connectivity index (χ1v) is 9.02. The highest BCUT2D eigenvalue weighted by Crippen LogP contribution is 2.24. The van der Waals surface area contributed by atoms with Gasteiger partial charge in [-0.15, -0.1) is 0 Å². The van der Waals surface area contributed by atoms with Crippen LogP contribution in [0.25, 0.3) is 0 Å². The fraction of sp³-hybridized carbons (Fsp3) is 0.533. The number of sulfonamides is 1. The fourth-order valence-corrected chi connectivity index (χ4v) is 3.69. The van der Waals surface area contributed by atoms with Crippen molar-refractivity contribution in [3.8, 4) is 0 Å². The standard InChI is InChI=1S/C15H23N3O3S/c1-2-18-22(20,21)14-7-3-11(4-8-14)10-17-15(19)12-5-6-13(16)9-12/h3-4,7-8,12-13,18H,2,5-6,9-10,16H2,1H3,(H,17,19). The highest BCUT2D eigenvalue weighted by atomic mass is 32.2. The van der Waals surface area contributed by atoms with E-state index in [0.29, 0.717) is 13.1 Å². The van der Waals surface area contributed by atoms with E-state index in [4.69, 9.17) is 5.73 Å². The molecule has 0 heterocycles. The van der Waals surface area contributed by atoms with Crippen molar-refractivity contribution in [3.63, 3.8) is 0 Å². The molecule has 4 N–H and O–H groups in total. The summed E-state index contributed by atoms with van der Waals surface area (Å²) in [5, 5.41) is 2.89. The first kappa shape index (κ1) is 16.9. The van der Waals surface area contributed by atoms with Crippen LogP contribution in [0, 0.1) is 5.92 Å². The van der Waals surface area contributed by atoms with Crippen LogP contribution in [-0.4, -0.2) is 26.9 Å². The number of carbonyl (C=O) groups excluding carboxylic acids is 1. The van der Waals surface area contributed by atoms with E-state index < -0.39 is 10.0 Å². The molecule has 1 aromatic carbocycles. The molecule has 1 aromatic rings. The minimum atomic E-state index is -3.43. The van der Waals surface area contributed by atoms with Gasteiger partial charge in [-0.2, -0.15) is 0 Å². The Bertz CT molecular complexity index is 613. The molecule has 7 heteroatoms. The molecule has 1 amide bonds. The summed E-state index contributed by atoms with van der Waals surface area (Å²) in [4.78, 5) is 12.2. The van der Waals surface area contributed by atoms with Crippen LogP contribution in [0.2, 0.25) is 0 Å². The molecule has 0 radical (unpaired) electrons. The lowest BCUT2D eigenvalue weighted by Crippen LogP contribution is -2.30. The summed E-state index contributed by atoms with van der Waals surface area (Å²) < 4.78 is 26.1. The molecule has 6 nitrogen and oxygen atoms in total.